The zero-order valence-corrected chi connectivity index (χ0v) is 14.7. The average Bonchev–Trinajstić information content (AvgIpc) is 3.01. The predicted molar refractivity (Wildman–Crippen MR) is 93.1 cm³/mol. The zero-order chi connectivity index (χ0) is 17.0. The molecule has 0 amide bonds. The Hall–Kier alpha value is -1.97. The van der Waals surface area contributed by atoms with Gasteiger partial charge in [0.25, 0.3) is 10.0 Å². The van der Waals surface area contributed by atoms with Crippen LogP contribution in [0.25, 0.3) is 0 Å². The molecule has 2 aromatic carbocycles. The van der Waals surface area contributed by atoms with Crippen molar-refractivity contribution in [3.63, 3.8) is 0 Å². The third-order valence-corrected chi connectivity index (χ3v) is 6.48. The van der Waals surface area contributed by atoms with Crippen LogP contribution >= 0.6 is 23.1 Å². The van der Waals surface area contributed by atoms with Gasteiger partial charge in [0.2, 0.25) is 5.13 Å². The Morgan fingerprint density at radius 3 is 2.46 bits per heavy atom. The van der Waals surface area contributed by atoms with E-state index in [0.29, 0.717) is 4.34 Å². The number of nitrogens with zero attached hydrogens (tertiary/aromatic N) is 2. The van der Waals surface area contributed by atoms with Crippen LogP contribution in [0.4, 0.5) is 9.52 Å². The fourth-order valence-electron chi connectivity index (χ4n) is 1.82. The van der Waals surface area contributed by atoms with E-state index in [1.165, 1.54) is 23.9 Å². The van der Waals surface area contributed by atoms with Gasteiger partial charge < -0.3 is 0 Å². The van der Waals surface area contributed by atoms with Gasteiger partial charge in [0.15, 0.2) is 4.34 Å². The molecule has 1 heterocycles. The van der Waals surface area contributed by atoms with Gasteiger partial charge in [-0.3, -0.25) is 4.72 Å². The molecule has 0 spiro atoms. The van der Waals surface area contributed by atoms with Crippen LogP contribution in [0.3, 0.4) is 0 Å². The van der Waals surface area contributed by atoms with Gasteiger partial charge in [0, 0.05) is 5.75 Å². The number of nitrogens with one attached hydrogen (secondary N) is 1. The van der Waals surface area contributed by atoms with Gasteiger partial charge in [-0.2, -0.15) is 0 Å². The van der Waals surface area contributed by atoms with Crippen LogP contribution in [0.15, 0.2) is 63.8 Å². The van der Waals surface area contributed by atoms with Gasteiger partial charge in [-0.15, -0.1) is 10.2 Å². The molecular formula is C15H12FN3O2S3. The van der Waals surface area contributed by atoms with E-state index >= 15 is 0 Å². The number of aromatic nitrogens is 2. The highest BCUT2D eigenvalue weighted by atomic mass is 32.2. The fraction of sp³-hybridized carbons (Fsp3) is 0.0667. The molecule has 9 heteroatoms. The van der Waals surface area contributed by atoms with E-state index in [9.17, 15) is 12.8 Å². The second kappa shape index (κ2) is 7.29. The molecule has 0 aliphatic heterocycles. The Bertz CT molecular complexity index is 913. The molecule has 1 N–H and O–H groups in total. The molecule has 3 aromatic rings. The Labute approximate surface area is 147 Å². The van der Waals surface area contributed by atoms with E-state index in [2.05, 4.69) is 14.9 Å². The van der Waals surface area contributed by atoms with E-state index in [0.717, 1.165) is 34.8 Å². The van der Waals surface area contributed by atoms with Crippen molar-refractivity contribution < 1.29 is 12.8 Å². The van der Waals surface area contributed by atoms with Crippen molar-refractivity contribution in [2.24, 2.45) is 0 Å². The summed E-state index contributed by atoms with van der Waals surface area (Å²) in [6, 6.07) is 14.5. The first-order valence-corrected chi connectivity index (χ1v) is 10.1. The van der Waals surface area contributed by atoms with Crippen LogP contribution in [-0.2, 0) is 15.8 Å². The first-order valence-electron chi connectivity index (χ1n) is 6.81. The molecule has 0 aliphatic carbocycles. The smallest absolute Gasteiger partial charge is 0.253 e. The van der Waals surface area contributed by atoms with Gasteiger partial charge in [0.1, 0.15) is 5.82 Å². The first kappa shape index (κ1) is 16.9. The summed E-state index contributed by atoms with van der Waals surface area (Å²) >= 11 is 2.63. The molecule has 0 saturated carbocycles. The number of hydrogen-bond acceptors (Lipinski definition) is 6. The minimum atomic E-state index is -3.80. The third kappa shape index (κ3) is 4.31. The van der Waals surface area contributed by atoms with Crippen molar-refractivity contribution in [1.29, 1.82) is 0 Å². The number of anilines is 1. The summed E-state index contributed by atoms with van der Waals surface area (Å²) in [6.07, 6.45) is 0. The van der Waals surface area contributed by atoms with Crippen LogP contribution in [0.2, 0.25) is 0 Å². The number of halogens is 1. The van der Waals surface area contributed by atoms with Crippen molar-refractivity contribution in [2.75, 3.05) is 4.72 Å². The summed E-state index contributed by atoms with van der Waals surface area (Å²) in [7, 11) is -3.80. The maximum atomic E-state index is 12.9. The fourth-order valence-corrected chi connectivity index (χ4v) is 4.75. The number of thioether (sulfide) groups is 1. The van der Waals surface area contributed by atoms with E-state index in [4.69, 9.17) is 0 Å². The van der Waals surface area contributed by atoms with Gasteiger partial charge >= 0.3 is 0 Å². The summed E-state index contributed by atoms with van der Waals surface area (Å²) in [5, 5.41) is 7.98. The Morgan fingerprint density at radius 1 is 1.04 bits per heavy atom. The molecule has 0 unspecified atom stereocenters. The molecule has 0 fully saturated rings. The molecule has 24 heavy (non-hydrogen) atoms. The molecule has 0 aliphatic rings. The topological polar surface area (TPSA) is 72.0 Å². The second-order valence-corrected chi connectivity index (χ2v) is 8.59. The van der Waals surface area contributed by atoms with Crippen LogP contribution in [-0.4, -0.2) is 18.6 Å². The van der Waals surface area contributed by atoms with Crippen molar-refractivity contribution >= 4 is 38.3 Å². The maximum Gasteiger partial charge on any atom is 0.263 e. The van der Waals surface area contributed by atoms with Crippen LogP contribution in [0.1, 0.15) is 5.56 Å². The second-order valence-electron chi connectivity index (χ2n) is 4.71. The molecular weight excluding hydrogens is 369 g/mol. The van der Waals surface area contributed by atoms with Crippen LogP contribution < -0.4 is 4.72 Å². The van der Waals surface area contributed by atoms with Crippen molar-refractivity contribution in [2.45, 2.75) is 15.0 Å². The highest BCUT2D eigenvalue weighted by Gasteiger charge is 2.17. The summed E-state index contributed by atoms with van der Waals surface area (Å²) in [6.45, 7) is 0. The molecule has 3 rings (SSSR count). The van der Waals surface area contributed by atoms with Crippen molar-refractivity contribution in [3.8, 4) is 0 Å². The number of rotatable bonds is 6. The molecule has 5 nitrogen and oxygen atoms in total. The molecule has 124 valence electrons. The number of hydrogen-bond donors (Lipinski definition) is 1. The molecule has 0 atom stereocenters. The Kier molecular flexibility index (Phi) is 5.12. The largest absolute Gasteiger partial charge is 0.263 e. The summed E-state index contributed by atoms with van der Waals surface area (Å²) in [5.41, 5.74) is 1.14. The van der Waals surface area contributed by atoms with Gasteiger partial charge in [0.05, 0.1) is 4.90 Å². The minimum absolute atomic E-state index is 0.0300. The molecule has 1 aromatic heterocycles. The van der Waals surface area contributed by atoms with E-state index in [-0.39, 0.29) is 10.0 Å². The lowest BCUT2D eigenvalue weighted by molar-refractivity contribution is 0.599. The lowest BCUT2D eigenvalue weighted by Gasteiger charge is -2.03. The Morgan fingerprint density at radius 2 is 1.75 bits per heavy atom. The van der Waals surface area contributed by atoms with Gasteiger partial charge in [-0.25, -0.2) is 12.8 Å². The molecule has 0 bridgehead atoms. The third-order valence-electron chi connectivity index (χ3n) is 2.96. The van der Waals surface area contributed by atoms with E-state index < -0.39 is 15.8 Å². The number of benzene rings is 2. The standard InChI is InChI=1S/C15H12FN3O2S3/c16-12-6-8-13(9-7-12)24(20,21)19-14-17-18-15(23-14)22-10-11-4-2-1-3-5-11/h1-9H,10H2,(H,17,19). The molecule has 0 radical (unpaired) electrons. The number of sulfonamides is 1. The Balaban J connectivity index is 1.66. The highest BCUT2D eigenvalue weighted by Crippen LogP contribution is 2.29. The molecule has 0 saturated heterocycles. The highest BCUT2D eigenvalue weighted by molar-refractivity contribution is 8.00. The zero-order valence-electron chi connectivity index (χ0n) is 12.2. The summed E-state index contributed by atoms with van der Waals surface area (Å²) < 4.78 is 40.3. The average molecular weight is 381 g/mol. The minimum Gasteiger partial charge on any atom is -0.253 e. The lowest BCUT2D eigenvalue weighted by Crippen LogP contribution is -2.12. The van der Waals surface area contributed by atoms with Crippen molar-refractivity contribution in [3.05, 3.63) is 66.0 Å². The van der Waals surface area contributed by atoms with E-state index in [1.54, 1.807) is 0 Å². The summed E-state index contributed by atoms with van der Waals surface area (Å²) in [4.78, 5) is -0.0300. The van der Waals surface area contributed by atoms with Crippen LogP contribution in [0, 0.1) is 5.82 Å². The monoisotopic (exact) mass is 381 g/mol. The summed E-state index contributed by atoms with van der Waals surface area (Å²) in [5.74, 6) is 0.227. The predicted octanol–water partition coefficient (Wildman–Crippen LogP) is 3.77. The van der Waals surface area contributed by atoms with E-state index in [1.807, 2.05) is 30.3 Å². The maximum absolute atomic E-state index is 12.9. The van der Waals surface area contributed by atoms with Gasteiger partial charge in [-0.05, 0) is 29.8 Å². The van der Waals surface area contributed by atoms with Crippen LogP contribution in [0.5, 0.6) is 0 Å². The normalized spacial score (nSPS) is 11.4. The van der Waals surface area contributed by atoms with Gasteiger partial charge in [-0.1, -0.05) is 53.4 Å². The SMILES string of the molecule is O=S(=O)(Nc1nnc(SCc2ccccc2)s1)c1ccc(F)cc1. The quantitative estimate of drug-likeness (QED) is 0.658. The first-order chi connectivity index (χ1) is 11.5. The lowest BCUT2D eigenvalue weighted by atomic mass is 10.2. The van der Waals surface area contributed by atoms with Crippen molar-refractivity contribution in [1.82, 2.24) is 10.2 Å².